The lowest BCUT2D eigenvalue weighted by molar-refractivity contribution is 0.0960. The Bertz CT molecular complexity index is 1380. The number of nitrogens with zero attached hydrogens (tertiary/aromatic N) is 3. The zero-order valence-corrected chi connectivity index (χ0v) is 20.4. The van der Waals surface area contributed by atoms with Gasteiger partial charge in [-0.05, 0) is 45.5 Å². The van der Waals surface area contributed by atoms with E-state index in [1.165, 1.54) is 6.07 Å². The van der Waals surface area contributed by atoms with Crippen molar-refractivity contribution < 1.29 is 13.9 Å². The van der Waals surface area contributed by atoms with Crippen LogP contribution in [-0.4, -0.2) is 55.2 Å². The molecule has 2 N–H and O–H groups in total. The largest absolute Gasteiger partial charge is 0.487 e. The van der Waals surface area contributed by atoms with E-state index in [9.17, 15) is 9.59 Å². The first-order chi connectivity index (χ1) is 16.7. The second kappa shape index (κ2) is 8.88. The molecular weight excluding hydrogens is 449 g/mol. The molecule has 1 amide bonds. The summed E-state index contributed by atoms with van der Waals surface area (Å²) in [4.78, 5) is 30.6. The average Bonchev–Trinajstić information content (AvgIpc) is 2.82. The highest BCUT2D eigenvalue weighted by atomic mass is 19.1. The van der Waals surface area contributed by atoms with Gasteiger partial charge in [0.15, 0.2) is 11.6 Å². The van der Waals surface area contributed by atoms with Crippen molar-refractivity contribution in [2.75, 3.05) is 50.2 Å². The Morgan fingerprint density at radius 1 is 1.14 bits per heavy atom. The lowest BCUT2D eigenvalue weighted by Crippen LogP contribution is -2.45. The highest BCUT2D eigenvalue weighted by Gasteiger charge is 2.31. The molecule has 1 aromatic heterocycles. The predicted molar refractivity (Wildman–Crippen MR) is 135 cm³/mol. The minimum Gasteiger partial charge on any atom is -0.487 e. The summed E-state index contributed by atoms with van der Waals surface area (Å²) in [5, 5.41) is 0.140. The van der Waals surface area contributed by atoms with Crippen molar-refractivity contribution in [3.63, 3.8) is 0 Å². The van der Waals surface area contributed by atoms with Gasteiger partial charge in [0.1, 0.15) is 17.9 Å². The summed E-state index contributed by atoms with van der Waals surface area (Å²) in [6.45, 7) is 9.14. The summed E-state index contributed by atoms with van der Waals surface area (Å²) in [7, 11) is 2.04. The maximum atomic E-state index is 15.5. The number of hydrazine groups is 1. The van der Waals surface area contributed by atoms with Gasteiger partial charge < -0.3 is 19.1 Å². The maximum Gasteiger partial charge on any atom is 0.275 e. The zero-order chi connectivity index (χ0) is 24.9. The number of aromatic nitrogens is 1. The average molecular weight is 480 g/mol. The van der Waals surface area contributed by atoms with Crippen LogP contribution in [0, 0.1) is 19.7 Å². The number of piperazine rings is 1. The molecule has 1 fully saturated rings. The van der Waals surface area contributed by atoms with Crippen LogP contribution in [0.25, 0.3) is 10.9 Å². The van der Waals surface area contributed by atoms with Crippen molar-refractivity contribution in [1.82, 2.24) is 14.9 Å². The van der Waals surface area contributed by atoms with Crippen LogP contribution in [0.4, 0.5) is 15.8 Å². The molecule has 0 saturated carbocycles. The van der Waals surface area contributed by atoms with E-state index >= 15 is 4.39 Å². The number of hydrogen-bond acceptors (Lipinski definition) is 6. The van der Waals surface area contributed by atoms with Gasteiger partial charge in [0, 0.05) is 32.4 Å². The molecule has 2 aromatic carbocycles. The molecule has 184 valence electrons. The second-order valence-electron chi connectivity index (χ2n) is 9.56. The van der Waals surface area contributed by atoms with Crippen molar-refractivity contribution in [2.45, 2.75) is 26.8 Å². The monoisotopic (exact) mass is 479 g/mol. The van der Waals surface area contributed by atoms with E-state index in [0.717, 1.165) is 29.9 Å². The summed E-state index contributed by atoms with van der Waals surface area (Å²) in [5.74, 6) is -0.717. The molecule has 8 nitrogen and oxygen atoms in total. The number of pyridine rings is 1. The summed E-state index contributed by atoms with van der Waals surface area (Å²) < 4.78 is 23.3. The summed E-state index contributed by atoms with van der Waals surface area (Å²) >= 11 is 0. The predicted octanol–water partition coefficient (Wildman–Crippen LogP) is 3.22. The molecule has 1 atom stereocenters. The van der Waals surface area contributed by atoms with E-state index in [1.807, 2.05) is 55.5 Å². The highest BCUT2D eigenvalue weighted by Crippen LogP contribution is 2.42. The first-order valence-electron chi connectivity index (χ1n) is 11.9. The fraction of sp³-hybridized carbons (Fsp3) is 0.385. The zero-order valence-electron chi connectivity index (χ0n) is 20.4. The van der Waals surface area contributed by atoms with Gasteiger partial charge in [-0.3, -0.25) is 20.4 Å². The number of carbonyl (C=O) groups excluding carboxylic acids is 1. The molecule has 35 heavy (non-hydrogen) atoms. The fourth-order valence-electron chi connectivity index (χ4n) is 4.84. The van der Waals surface area contributed by atoms with E-state index in [4.69, 9.17) is 4.74 Å². The van der Waals surface area contributed by atoms with Gasteiger partial charge in [0.05, 0.1) is 22.6 Å². The molecule has 2 aliphatic rings. The third kappa shape index (κ3) is 4.10. The number of nitrogens with one attached hydrogen (secondary N) is 2. The SMILES string of the molecule is Cc1ccc(NNC(=O)c2cn3c4c(c(N5CCN(C)CC5)c(F)cc4c2=O)OCC3C)c(C)c1. The molecule has 0 radical (unpaired) electrons. The first-order valence-corrected chi connectivity index (χ1v) is 11.9. The van der Waals surface area contributed by atoms with Gasteiger partial charge >= 0.3 is 0 Å². The van der Waals surface area contributed by atoms with Crippen LogP contribution >= 0.6 is 0 Å². The number of hydrogen-bond donors (Lipinski definition) is 2. The van der Waals surface area contributed by atoms with E-state index < -0.39 is 17.2 Å². The Balaban J connectivity index is 1.55. The minimum absolute atomic E-state index is 0.0544. The van der Waals surface area contributed by atoms with Crippen LogP contribution in [-0.2, 0) is 0 Å². The van der Waals surface area contributed by atoms with Gasteiger partial charge in [-0.15, -0.1) is 0 Å². The Morgan fingerprint density at radius 3 is 2.60 bits per heavy atom. The van der Waals surface area contributed by atoms with Crippen molar-refractivity contribution in [2.24, 2.45) is 0 Å². The lowest BCUT2D eigenvalue weighted by atomic mass is 10.0. The van der Waals surface area contributed by atoms with Gasteiger partial charge in [-0.1, -0.05) is 17.7 Å². The third-order valence-corrected chi connectivity index (χ3v) is 6.90. The van der Waals surface area contributed by atoms with Crippen LogP contribution in [0.15, 0.2) is 35.3 Å². The van der Waals surface area contributed by atoms with Gasteiger partial charge in [-0.2, -0.15) is 0 Å². The molecule has 5 rings (SSSR count). The fourth-order valence-corrected chi connectivity index (χ4v) is 4.84. The van der Waals surface area contributed by atoms with E-state index in [0.29, 0.717) is 36.6 Å². The standard InChI is InChI=1S/C26H30FN5O3/c1-15-5-6-21(16(2)11-15)28-29-26(34)19-13-32-17(3)14-35-25-22(32)18(24(19)33)12-20(27)23(25)31-9-7-30(4)8-10-31/h5-6,11-13,17,28H,7-10,14H2,1-4H3,(H,29,34). The number of aryl methyl sites for hydroxylation is 2. The number of likely N-dealkylation sites (N-methyl/N-ethyl adjacent to an activating group) is 1. The normalized spacial score (nSPS) is 17.9. The van der Waals surface area contributed by atoms with Crippen molar-refractivity contribution in [1.29, 1.82) is 0 Å². The summed E-state index contributed by atoms with van der Waals surface area (Å²) in [6.07, 6.45) is 1.56. The number of rotatable bonds is 4. The van der Waals surface area contributed by atoms with Crippen molar-refractivity contribution >= 4 is 28.2 Å². The van der Waals surface area contributed by atoms with Crippen molar-refractivity contribution in [3.05, 3.63) is 63.2 Å². The minimum atomic E-state index is -0.579. The molecule has 3 heterocycles. The van der Waals surface area contributed by atoms with Gasteiger partial charge in [-0.25, -0.2) is 4.39 Å². The molecule has 3 aromatic rings. The van der Waals surface area contributed by atoms with Crippen LogP contribution in [0.1, 0.15) is 34.5 Å². The molecule has 1 saturated heterocycles. The highest BCUT2D eigenvalue weighted by molar-refractivity contribution is 6.00. The Labute approximate surface area is 203 Å². The number of halogens is 1. The Morgan fingerprint density at radius 2 is 1.89 bits per heavy atom. The van der Waals surface area contributed by atoms with Crippen molar-refractivity contribution in [3.8, 4) is 5.75 Å². The molecule has 0 bridgehead atoms. The Hall–Kier alpha value is -3.59. The first kappa shape index (κ1) is 23.2. The number of ether oxygens (including phenoxy) is 1. The van der Waals surface area contributed by atoms with E-state index in [2.05, 4.69) is 15.8 Å². The topological polar surface area (TPSA) is 78.8 Å². The summed E-state index contributed by atoms with van der Waals surface area (Å²) in [5.41, 5.74) is 8.66. The lowest BCUT2D eigenvalue weighted by Gasteiger charge is -2.37. The molecule has 9 heteroatoms. The number of carbonyl (C=O) groups is 1. The Kier molecular flexibility index (Phi) is 5.88. The molecule has 2 aliphatic heterocycles. The molecular formula is C26H30FN5O3. The van der Waals surface area contributed by atoms with E-state index in [1.54, 1.807) is 6.20 Å². The number of amides is 1. The summed E-state index contributed by atoms with van der Waals surface area (Å²) in [6, 6.07) is 6.91. The molecule has 1 unspecified atom stereocenters. The quantitative estimate of drug-likeness (QED) is 0.560. The number of benzene rings is 2. The van der Waals surface area contributed by atoms with Gasteiger partial charge in [0.25, 0.3) is 5.91 Å². The maximum absolute atomic E-state index is 15.5. The van der Waals surface area contributed by atoms with Crippen LogP contribution < -0.4 is 25.9 Å². The second-order valence-corrected chi connectivity index (χ2v) is 9.56. The van der Waals surface area contributed by atoms with E-state index in [-0.39, 0.29) is 17.0 Å². The smallest absolute Gasteiger partial charge is 0.275 e. The molecule has 0 spiro atoms. The van der Waals surface area contributed by atoms with Crippen LogP contribution in [0.3, 0.4) is 0 Å². The molecule has 0 aliphatic carbocycles. The number of anilines is 2. The van der Waals surface area contributed by atoms with Gasteiger partial charge in [0.2, 0.25) is 5.43 Å². The van der Waals surface area contributed by atoms with Crippen LogP contribution in [0.5, 0.6) is 5.75 Å². The van der Waals surface area contributed by atoms with Crippen LogP contribution in [0.2, 0.25) is 0 Å². The third-order valence-electron chi connectivity index (χ3n) is 6.90.